The van der Waals surface area contributed by atoms with Crippen LogP contribution in [-0.2, 0) is 4.43 Å². The molecule has 0 N–H and O–H groups in total. The van der Waals surface area contributed by atoms with Crippen LogP contribution < -0.4 is 4.74 Å². The maximum Gasteiger partial charge on any atom is 0.123 e. The molecule has 0 aromatic heterocycles. The standard InChI is InChI=1S/C13H19IO/c1-2-3-4-7-10-15-13-9-6-5-8-12(13)11-14/h5-6,8-9H,2-4,7,10-11H2,1H3. The van der Waals surface area contributed by atoms with Gasteiger partial charge < -0.3 is 4.74 Å². The molecule has 0 unspecified atom stereocenters. The van der Waals surface area contributed by atoms with Crippen molar-refractivity contribution in [2.24, 2.45) is 0 Å². The van der Waals surface area contributed by atoms with E-state index in [9.17, 15) is 0 Å². The molecule has 1 nitrogen and oxygen atoms in total. The third-order valence-corrected chi connectivity index (χ3v) is 3.19. The fraction of sp³-hybridized carbons (Fsp3) is 0.538. The van der Waals surface area contributed by atoms with Gasteiger partial charge in [-0.1, -0.05) is 67.0 Å². The first-order chi connectivity index (χ1) is 7.38. The van der Waals surface area contributed by atoms with Crippen LogP contribution in [0.25, 0.3) is 0 Å². The zero-order chi connectivity index (χ0) is 10.9. The number of rotatable bonds is 7. The van der Waals surface area contributed by atoms with Crippen LogP contribution in [0.5, 0.6) is 5.75 Å². The summed E-state index contributed by atoms with van der Waals surface area (Å²) in [6.07, 6.45) is 5.05. The first-order valence-corrected chi connectivity index (χ1v) is 7.17. The molecule has 0 saturated heterocycles. The molecular weight excluding hydrogens is 299 g/mol. The summed E-state index contributed by atoms with van der Waals surface area (Å²) < 4.78 is 6.79. The van der Waals surface area contributed by atoms with Crippen LogP contribution in [-0.4, -0.2) is 6.61 Å². The minimum absolute atomic E-state index is 0.855. The van der Waals surface area contributed by atoms with E-state index in [2.05, 4.69) is 47.7 Å². The van der Waals surface area contributed by atoms with Crippen molar-refractivity contribution in [3.8, 4) is 5.75 Å². The first kappa shape index (κ1) is 12.8. The van der Waals surface area contributed by atoms with Gasteiger partial charge in [-0.3, -0.25) is 0 Å². The van der Waals surface area contributed by atoms with Gasteiger partial charge in [-0.15, -0.1) is 0 Å². The van der Waals surface area contributed by atoms with Crippen molar-refractivity contribution in [1.29, 1.82) is 0 Å². The normalized spacial score (nSPS) is 10.3. The van der Waals surface area contributed by atoms with Gasteiger partial charge in [0.1, 0.15) is 5.75 Å². The Morgan fingerprint density at radius 3 is 2.67 bits per heavy atom. The van der Waals surface area contributed by atoms with Gasteiger partial charge in [-0.25, -0.2) is 0 Å². The Morgan fingerprint density at radius 2 is 1.93 bits per heavy atom. The van der Waals surface area contributed by atoms with Gasteiger partial charge in [0.15, 0.2) is 0 Å². The molecule has 0 saturated carbocycles. The summed E-state index contributed by atoms with van der Waals surface area (Å²) in [5.74, 6) is 1.06. The predicted molar refractivity (Wildman–Crippen MR) is 73.8 cm³/mol. The van der Waals surface area contributed by atoms with Crippen molar-refractivity contribution >= 4 is 22.6 Å². The van der Waals surface area contributed by atoms with Crippen molar-refractivity contribution in [2.45, 2.75) is 37.0 Å². The van der Waals surface area contributed by atoms with Gasteiger partial charge in [0, 0.05) is 9.99 Å². The van der Waals surface area contributed by atoms with Gasteiger partial charge in [0.05, 0.1) is 6.61 Å². The van der Waals surface area contributed by atoms with E-state index in [1.54, 1.807) is 0 Å². The molecule has 0 fully saturated rings. The molecule has 0 radical (unpaired) electrons. The molecule has 1 aromatic carbocycles. The van der Waals surface area contributed by atoms with E-state index in [1.165, 1.54) is 31.2 Å². The highest BCUT2D eigenvalue weighted by Gasteiger charge is 2.00. The van der Waals surface area contributed by atoms with Crippen LogP contribution in [0.1, 0.15) is 38.2 Å². The largest absolute Gasteiger partial charge is 0.493 e. The lowest BCUT2D eigenvalue weighted by Gasteiger charge is -2.09. The minimum atomic E-state index is 0.855. The van der Waals surface area contributed by atoms with E-state index in [1.807, 2.05) is 6.07 Å². The number of para-hydroxylation sites is 1. The average molecular weight is 318 g/mol. The SMILES string of the molecule is CCCCCCOc1ccccc1CI. The van der Waals surface area contributed by atoms with E-state index >= 15 is 0 Å². The number of unbranched alkanes of at least 4 members (excludes halogenated alkanes) is 3. The van der Waals surface area contributed by atoms with Crippen LogP contribution >= 0.6 is 22.6 Å². The van der Waals surface area contributed by atoms with Gasteiger partial charge >= 0.3 is 0 Å². The predicted octanol–water partition coefficient (Wildman–Crippen LogP) is 4.58. The molecule has 0 aliphatic rings. The van der Waals surface area contributed by atoms with Gasteiger partial charge in [0.25, 0.3) is 0 Å². The van der Waals surface area contributed by atoms with Crippen molar-refractivity contribution in [3.63, 3.8) is 0 Å². The Hall–Kier alpha value is -0.250. The molecular formula is C13H19IO. The van der Waals surface area contributed by atoms with Crippen LogP contribution in [0.2, 0.25) is 0 Å². The van der Waals surface area contributed by atoms with Crippen molar-refractivity contribution in [1.82, 2.24) is 0 Å². The first-order valence-electron chi connectivity index (χ1n) is 5.65. The fourth-order valence-electron chi connectivity index (χ4n) is 1.47. The van der Waals surface area contributed by atoms with Crippen LogP contribution in [0.4, 0.5) is 0 Å². The molecule has 0 amide bonds. The molecule has 0 bridgehead atoms. The number of alkyl halides is 1. The molecule has 15 heavy (non-hydrogen) atoms. The van der Waals surface area contributed by atoms with Gasteiger partial charge in [-0.05, 0) is 12.5 Å². The second-order valence-corrected chi connectivity index (χ2v) is 4.41. The summed E-state index contributed by atoms with van der Waals surface area (Å²) >= 11 is 2.37. The van der Waals surface area contributed by atoms with E-state index in [-0.39, 0.29) is 0 Å². The van der Waals surface area contributed by atoms with E-state index in [0.717, 1.165) is 16.8 Å². The number of hydrogen-bond donors (Lipinski definition) is 0. The molecule has 0 heterocycles. The topological polar surface area (TPSA) is 9.23 Å². The number of benzene rings is 1. The lowest BCUT2D eigenvalue weighted by molar-refractivity contribution is 0.303. The quantitative estimate of drug-likeness (QED) is 0.406. The fourth-order valence-corrected chi connectivity index (χ4v) is 2.10. The summed E-state index contributed by atoms with van der Waals surface area (Å²) in [6.45, 7) is 3.08. The Bertz CT molecular complexity index is 273. The maximum atomic E-state index is 5.77. The third kappa shape index (κ3) is 4.87. The lowest BCUT2D eigenvalue weighted by Crippen LogP contribution is -1.99. The van der Waals surface area contributed by atoms with E-state index < -0.39 is 0 Å². The highest BCUT2D eigenvalue weighted by Crippen LogP contribution is 2.20. The van der Waals surface area contributed by atoms with Gasteiger partial charge in [-0.2, -0.15) is 0 Å². The third-order valence-electron chi connectivity index (χ3n) is 2.37. The zero-order valence-corrected chi connectivity index (χ0v) is 11.5. The molecule has 1 aromatic rings. The second kappa shape index (κ2) is 7.97. The molecule has 0 spiro atoms. The smallest absolute Gasteiger partial charge is 0.123 e. The Labute approximate surface area is 106 Å². The number of ether oxygens (including phenoxy) is 1. The highest BCUT2D eigenvalue weighted by atomic mass is 127. The summed E-state index contributed by atoms with van der Waals surface area (Å²) in [6, 6.07) is 8.30. The van der Waals surface area contributed by atoms with Crippen LogP contribution in [0.3, 0.4) is 0 Å². The lowest BCUT2D eigenvalue weighted by atomic mass is 10.2. The van der Waals surface area contributed by atoms with Crippen molar-refractivity contribution in [2.75, 3.05) is 6.61 Å². The number of hydrogen-bond acceptors (Lipinski definition) is 1. The Kier molecular flexibility index (Phi) is 6.81. The average Bonchev–Trinajstić information content (AvgIpc) is 2.29. The van der Waals surface area contributed by atoms with Crippen molar-refractivity contribution in [3.05, 3.63) is 29.8 Å². The Morgan fingerprint density at radius 1 is 1.13 bits per heavy atom. The van der Waals surface area contributed by atoms with Gasteiger partial charge in [0.2, 0.25) is 0 Å². The monoisotopic (exact) mass is 318 g/mol. The highest BCUT2D eigenvalue weighted by molar-refractivity contribution is 14.1. The van der Waals surface area contributed by atoms with E-state index in [0.29, 0.717) is 0 Å². The molecule has 0 aliphatic heterocycles. The minimum Gasteiger partial charge on any atom is -0.493 e. The molecule has 2 heteroatoms. The zero-order valence-electron chi connectivity index (χ0n) is 9.34. The van der Waals surface area contributed by atoms with Crippen LogP contribution in [0, 0.1) is 0 Å². The molecule has 1 rings (SSSR count). The summed E-state index contributed by atoms with van der Waals surface area (Å²) in [5.41, 5.74) is 1.30. The van der Waals surface area contributed by atoms with E-state index in [4.69, 9.17) is 4.74 Å². The van der Waals surface area contributed by atoms with Crippen molar-refractivity contribution < 1.29 is 4.74 Å². The Balaban J connectivity index is 2.30. The molecule has 0 atom stereocenters. The molecule has 0 aliphatic carbocycles. The summed E-state index contributed by atoms with van der Waals surface area (Å²) in [5, 5.41) is 0. The number of halogens is 1. The second-order valence-electron chi connectivity index (χ2n) is 3.65. The summed E-state index contributed by atoms with van der Waals surface area (Å²) in [7, 11) is 0. The molecule has 84 valence electrons. The van der Waals surface area contributed by atoms with Crippen LogP contribution in [0.15, 0.2) is 24.3 Å². The summed E-state index contributed by atoms with van der Waals surface area (Å²) in [4.78, 5) is 0. The maximum absolute atomic E-state index is 5.77.